The third kappa shape index (κ3) is 3.49. The molecule has 0 aliphatic rings. The van der Waals surface area contributed by atoms with Gasteiger partial charge in [0.15, 0.2) is 0 Å². The van der Waals surface area contributed by atoms with Crippen molar-refractivity contribution in [2.45, 2.75) is 11.8 Å². The Morgan fingerprint density at radius 2 is 1.52 bits per heavy atom. The summed E-state index contributed by atoms with van der Waals surface area (Å²) in [4.78, 5) is 0.292. The predicted molar refractivity (Wildman–Crippen MR) is 84.2 cm³/mol. The van der Waals surface area contributed by atoms with E-state index in [2.05, 4.69) is 4.72 Å². The van der Waals surface area contributed by atoms with E-state index in [0.29, 0.717) is 10.7 Å². The number of aryl methyl sites for hydroxylation is 1. The van der Waals surface area contributed by atoms with Gasteiger partial charge in [0, 0.05) is 0 Å². The largest absolute Gasteiger partial charge is 0.329 e. The minimum absolute atomic E-state index is 0.292. The summed E-state index contributed by atoms with van der Waals surface area (Å²) in [6.07, 6.45) is 0. The van der Waals surface area contributed by atoms with Crippen LogP contribution in [0.5, 0.6) is 0 Å². The van der Waals surface area contributed by atoms with Crippen LogP contribution in [0.3, 0.4) is 0 Å². The van der Waals surface area contributed by atoms with Gasteiger partial charge in [0.25, 0.3) is 5.84 Å². The molecule has 2 aromatic carbocycles. The summed E-state index contributed by atoms with van der Waals surface area (Å²) in [5.41, 5.74) is 1.54. The number of rotatable bonds is 3. The van der Waals surface area contributed by atoms with E-state index in [-0.39, 0.29) is 0 Å². The number of nitrogens with one attached hydrogen (secondary N) is 1. The lowest BCUT2D eigenvalue weighted by molar-refractivity contribution is -0.465. The summed E-state index contributed by atoms with van der Waals surface area (Å²) < 4.78 is 29.6. The van der Waals surface area contributed by atoms with Crippen molar-refractivity contribution in [2.24, 2.45) is 0 Å². The molecule has 0 aliphatic heterocycles. The van der Waals surface area contributed by atoms with Gasteiger partial charge in [-0.15, -0.1) is 0 Å². The minimum atomic E-state index is -3.61. The fourth-order valence-electron chi connectivity index (χ4n) is 2.04. The molecule has 0 bridgehead atoms. The first kappa shape index (κ1) is 15.3. The van der Waals surface area contributed by atoms with Gasteiger partial charge in [0.05, 0.1) is 19.7 Å². The summed E-state index contributed by atoms with van der Waals surface area (Å²) in [5, 5.41) is 0. The van der Waals surface area contributed by atoms with Gasteiger partial charge in [-0.2, -0.15) is 13.1 Å². The molecule has 0 unspecified atom stereocenters. The molecule has 0 aromatic heterocycles. The number of hydrogen-bond acceptors (Lipinski definition) is 2. The van der Waals surface area contributed by atoms with Crippen molar-refractivity contribution in [1.82, 2.24) is 4.72 Å². The molecule has 2 aromatic rings. The Bertz CT molecular complexity index is 762. The predicted octanol–water partition coefficient (Wildman–Crippen LogP) is 1.99. The van der Waals surface area contributed by atoms with Gasteiger partial charge in [0.2, 0.25) is 0 Å². The van der Waals surface area contributed by atoms with Gasteiger partial charge < -0.3 is 0 Å². The molecule has 0 radical (unpaired) electrons. The van der Waals surface area contributed by atoms with Crippen molar-refractivity contribution < 1.29 is 13.0 Å². The minimum Gasteiger partial charge on any atom is -0.266 e. The molecule has 110 valence electrons. The topological polar surface area (TPSA) is 49.2 Å². The van der Waals surface area contributed by atoms with Gasteiger partial charge in [-0.3, -0.25) is 4.58 Å². The van der Waals surface area contributed by atoms with E-state index >= 15 is 0 Å². The fourth-order valence-corrected chi connectivity index (χ4v) is 3.46. The lowest BCUT2D eigenvalue weighted by Gasteiger charge is -2.09. The third-order valence-corrected chi connectivity index (χ3v) is 4.61. The normalized spacial score (nSPS) is 11.0. The van der Waals surface area contributed by atoms with E-state index in [0.717, 1.165) is 11.1 Å². The molecule has 0 aliphatic carbocycles. The SMILES string of the molecule is Cc1ccccc1S(=O)(=O)NC(c1ccccc1)=[N+](C)C. The van der Waals surface area contributed by atoms with Crippen LogP contribution in [0.25, 0.3) is 0 Å². The highest BCUT2D eigenvalue weighted by atomic mass is 32.2. The molecule has 5 heteroatoms. The van der Waals surface area contributed by atoms with Crippen LogP contribution in [-0.2, 0) is 10.0 Å². The Hall–Kier alpha value is -2.14. The van der Waals surface area contributed by atoms with E-state index in [1.807, 2.05) is 50.5 Å². The first-order valence-corrected chi connectivity index (χ1v) is 8.08. The van der Waals surface area contributed by atoms with Gasteiger partial charge in [0.1, 0.15) is 4.90 Å². The Balaban J connectivity index is 2.44. The molecule has 0 saturated heterocycles. The average molecular weight is 303 g/mol. The van der Waals surface area contributed by atoms with Crippen LogP contribution in [0.4, 0.5) is 0 Å². The standard InChI is InChI=1S/C16H18N2O2S/c1-13-9-7-8-12-15(13)21(19,20)17-16(18(2)3)14-10-5-4-6-11-14/h4-12H,1-3H3/p+1. The summed E-state index contributed by atoms with van der Waals surface area (Å²) in [6, 6.07) is 16.3. The Labute approximate surface area is 125 Å². The summed E-state index contributed by atoms with van der Waals surface area (Å²) in [7, 11) is 0.00444. The molecule has 4 nitrogen and oxygen atoms in total. The second kappa shape index (κ2) is 6.10. The van der Waals surface area contributed by atoms with Gasteiger partial charge in [-0.05, 0) is 30.7 Å². The molecule has 0 heterocycles. The van der Waals surface area contributed by atoms with E-state index in [9.17, 15) is 8.42 Å². The van der Waals surface area contributed by atoms with Crippen molar-refractivity contribution in [2.75, 3.05) is 14.1 Å². The van der Waals surface area contributed by atoms with E-state index in [1.54, 1.807) is 29.7 Å². The van der Waals surface area contributed by atoms with Crippen LogP contribution in [0.2, 0.25) is 0 Å². The number of sulfonamides is 1. The first-order chi connectivity index (χ1) is 9.92. The third-order valence-electron chi connectivity index (χ3n) is 3.11. The Morgan fingerprint density at radius 1 is 0.952 bits per heavy atom. The van der Waals surface area contributed by atoms with E-state index < -0.39 is 10.0 Å². The van der Waals surface area contributed by atoms with Crippen LogP contribution in [0, 0.1) is 6.92 Å². The van der Waals surface area contributed by atoms with Gasteiger partial charge >= 0.3 is 10.0 Å². The van der Waals surface area contributed by atoms with Crippen LogP contribution < -0.4 is 4.72 Å². The molecule has 21 heavy (non-hydrogen) atoms. The highest BCUT2D eigenvalue weighted by molar-refractivity contribution is 7.90. The monoisotopic (exact) mass is 303 g/mol. The number of nitrogens with zero attached hydrogens (tertiary/aromatic N) is 1. The zero-order valence-corrected chi connectivity index (χ0v) is 13.2. The van der Waals surface area contributed by atoms with Crippen LogP contribution >= 0.6 is 0 Å². The zero-order valence-electron chi connectivity index (χ0n) is 12.4. The van der Waals surface area contributed by atoms with E-state index in [4.69, 9.17) is 0 Å². The molecule has 0 fully saturated rings. The van der Waals surface area contributed by atoms with Crippen molar-refractivity contribution >= 4 is 15.9 Å². The first-order valence-electron chi connectivity index (χ1n) is 6.60. The summed E-state index contributed by atoms with van der Waals surface area (Å²) in [6.45, 7) is 1.78. The summed E-state index contributed by atoms with van der Waals surface area (Å²) >= 11 is 0. The average Bonchev–Trinajstić information content (AvgIpc) is 2.46. The maximum absolute atomic E-state index is 12.6. The van der Waals surface area contributed by atoms with Crippen LogP contribution in [0.15, 0.2) is 59.5 Å². The molecule has 0 atom stereocenters. The molecule has 0 amide bonds. The second-order valence-corrected chi connectivity index (χ2v) is 6.63. The van der Waals surface area contributed by atoms with E-state index in [1.165, 1.54) is 0 Å². The van der Waals surface area contributed by atoms with Crippen molar-refractivity contribution in [3.8, 4) is 0 Å². The lowest BCUT2D eigenvalue weighted by atomic mass is 10.2. The maximum Gasteiger partial charge on any atom is 0.329 e. The second-order valence-electron chi connectivity index (χ2n) is 4.98. The molecule has 2 rings (SSSR count). The number of benzene rings is 2. The lowest BCUT2D eigenvalue weighted by Crippen LogP contribution is -2.36. The smallest absolute Gasteiger partial charge is 0.266 e. The fraction of sp³-hybridized carbons (Fsp3) is 0.188. The Kier molecular flexibility index (Phi) is 4.43. The highest BCUT2D eigenvalue weighted by Crippen LogP contribution is 2.14. The molecular formula is C16H19N2O2S+. The zero-order chi connectivity index (χ0) is 15.5. The highest BCUT2D eigenvalue weighted by Gasteiger charge is 2.25. The summed E-state index contributed by atoms with van der Waals surface area (Å²) in [5.74, 6) is 0.541. The van der Waals surface area contributed by atoms with Crippen LogP contribution in [0.1, 0.15) is 11.1 Å². The van der Waals surface area contributed by atoms with Crippen molar-refractivity contribution in [1.29, 1.82) is 0 Å². The number of amidine groups is 1. The Morgan fingerprint density at radius 3 is 2.10 bits per heavy atom. The molecular weight excluding hydrogens is 284 g/mol. The maximum atomic E-state index is 12.6. The van der Waals surface area contributed by atoms with Crippen molar-refractivity contribution in [3.05, 3.63) is 65.7 Å². The van der Waals surface area contributed by atoms with Gasteiger partial charge in [-0.25, -0.2) is 0 Å². The van der Waals surface area contributed by atoms with Gasteiger partial charge in [-0.1, -0.05) is 36.4 Å². The quantitative estimate of drug-likeness (QED) is 0.535. The van der Waals surface area contributed by atoms with Crippen molar-refractivity contribution in [3.63, 3.8) is 0 Å². The molecule has 1 N–H and O–H groups in total. The number of hydrogen-bond donors (Lipinski definition) is 1. The molecule has 0 saturated carbocycles. The molecule has 0 spiro atoms. The van der Waals surface area contributed by atoms with Crippen LogP contribution in [-0.4, -0.2) is 32.9 Å².